The van der Waals surface area contributed by atoms with Crippen molar-refractivity contribution in [3.63, 3.8) is 0 Å². The molecule has 0 saturated heterocycles. The van der Waals surface area contributed by atoms with Crippen LogP contribution in [-0.4, -0.2) is 51.0 Å². The smallest absolute Gasteiger partial charge is 0.242 e. The second-order valence-electron chi connectivity index (χ2n) is 7.93. The summed E-state index contributed by atoms with van der Waals surface area (Å²) in [7, 11) is -2.11. The minimum atomic E-state index is -3.61. The van der Waals surface area contributed by atoms with Gasteiger partial charge in [-0.1, -0.05) is 46.9 Å². The highest BCUT2D eigenvalue weighted by molar-refractivity contribution is 7.92. The number of sulfonamides is 1. The van der Waals surface area contributed by atoms with Gasteiger partial charge in [-0.25, -0.2) is 8.42 Å². The molecule has 2 rings (SSSR count). The van der Waals surface area contributed by atoms with E-state index in [0.29, 0.717) is 26.3 Å². The van der Waals surface area contributed by atoms with Gasteiger partial charge in [-0.3, -0.25) is 13.9 Å². The molecule has 186 valence electrons. The lowest BCUT2D eigenvalue weighted by Gasteiger charge is -2.29. The molecule has 0 aromatic heterocycles. The predicted molar refractivity (Wildman–Crippen MR) is 138 cm³/mol. The first kappa shape index (κ1) is 28.2. The molecule has 0 radical (unpaired) electrons. The third-order valence-corrected chi connectivity index (χ3v) is 7.50. The van der Waals surface area contributed by atoms with Crippen molar-refractivity contribution in [2.45, 2.75) is 39.3 Å². The highest BCUT2D eigenvalue weighted by atomic mass is 35.5. The van der Waals surface area contributed by atoms with Gasteiger partial charge in [0.2, 0.25) is 21.8 Å². The molecule has 0 heterocycles. The highest BCUT2D eigenvalue weighted by Crippen LogP contribution is 2.27. The lowest BCUT2D eigenvalue weighted by atomic mass is 10.1. The number of halogens is 3. The van der Waals surface area contributed by atoms with Gasteiger partial charge < -0.3 is 10.2 Å². The Labute approximate surface area is 216 Å². The van der Waals surface area contributed by atoms with Crippen molar-refractivity contribution in [3.05, 3.63) is 62.6 Å². The summed E-state index contributed by atoms with van der Waals surface area (Å²) in [5, 5.41) is 3.70. The van der Waals surface area contributed by atoms with Gasteiger partial charge in [0, 0.05) is 31.6 Å². The van der Waals surface area contributed by atoms with Gasteiger partial charge >= 0.3 is 0 Å². The van der Waals surface area contributed by atoms with Crippen LogP contribution >= 0.6 is 34.8 Å². The number of hydrogen-bond donors (Lipinski definition) is 1. The van der Waals surface area contributed by atoms with E-state index in [1.807, 2.05) is 0 Å². The van der Waals surface area contributed by atoms with Gasteiger partial charge in [0.25, 0.3) is 0 Å². The predicted octanol–water partition coefficient (Wildman–Crippen LogP) is 4.66. The molecule has 0 aliphatic carbocycles. The first-order valence-electron chi connectivity index (χ1n) is 10.5. The summed E-state index contributed by atoms with van der Waals surface area (Å²) in [4.78, 5) is 26.9. The van der Waals surface area contributed by atoms with Crippen molar-refractivity contribution in [1.82, 2.24) is 10.2 Å². The first-order chi connectivity index (χ1) is 15.8. The normalized spacial score (nSPS) is 12.2. The number of carbonyl (C=O) groups excluding carboxylic acids is 2. The van der Waals surface area contributed by atoms with Gasteiger partial charge in [0.15, 0.2) is 0 Å². The van der Waals surface area contributed by atoms with Crippen LogP contribution in [0, 0.1) is 6.92 Å². The Kier molecular flexibility index (Phi) is 10.1. The van der Waals surface area contributed by atoms with Crippen molar-refractivity contribution in [2.75, 3.05) is 24.2 Å². The molecule has 1 N–H and O–H groups in total. The average molecular weight is 549 g/mol. The van der Waals surface area contributed by atoms with E-state index in [9.17, 15) is 18.0 Å². The Morgan fingerprint density at radius 3 is 2.32 bits per heavy atom. The molecule has 0 fully saturated rings. The Morgan fingerprint density at radius 1 is 1.06 bits per heavy atom. The van der Waals surface area contributed by atoms with Gasteiger partial charge in [0.05, 0.1) is 22.0 Å². The topological polar surface area (TPSA) is 86.8 Å². The zero-order valence-electron chi connectivity index (χ0n) is 19.4. The summed E-state index contributed by atoms with van der Waals surface area (Å²) in [6, 6.07) is 9.28. The molecule has 0 unspecified atom stereocenters. The molecule has 0 spiro atoms. The van der Waals surface area contributed by atoms with Crippen LogP contribution in [0.2, 0.25) is 15.1 Å². The van der Waals surface area contributed by atoms with Crippen molar-refractivity contribution < 1.29 is 18.0 Å². The Hall–Kier alpha value is -2.00. The van der Waals surface area contributed by atoms with Crippen molar-refractivity contribution in [2.24, 2.45) is 0 Å². The van der Waals surface area contributed by atoms with E-state index in [0.717, 1.165) is 11.8 Å². The summed E-state index contributed by atoms with van der Waals surface area (Å²) in [6.07, 6.45) is 1.39. The van der Waals surface area contributed by atoms with E-state index in [1.54, 1.807) is 50.2 Å². The monoisotopic (exact) mass is 547 g/mol. The van der Waals surface area contributed by atoms with Crippen molar-refractivity contribution in [1.29, 1.82) is 0 Å². The van der Waals surface area contributed by atoms with E-state index in [1.165, 1.54) is 16.3 Å². The number of anilines is 1. The molecule has 2 aromatic rings. The zero-order valence-corrected chi connectivity index (χ0v) is 22.5. The molecule has 1 atom stereocenters. The minimum Gasteiger partial charge on any atom is -0.357 e. The molecule has 0 aliphatic rings. The van der Waals surface area contributed by atoms with Crippen LogP contribution in [-0.2, 0) is 26.2 Å². The summed E-state index contributed by atoms with van der Waals surface area (Å²) in [5.74, 6) is -0.612. The quantitative estimate of drug-likeness (QED) is 0.468. The largest absolute Gasteiger partial charge is 0.357 e. The standard InChI is InChI=1S/C23H28Cl3N3O4S/c1-15-7-9-18(24)13-21(15)29(34(4,32)33)11-5-6-22(30)28(16(2)23(31)27-3)14-17-8-10-19(25)20(26)12-17/h7-10,12-13,16H,5-6,11,14H2,1-4H3,(H,27,31)/t16-/m0/s1. The third-order valence-electron chi connectivity index (χ3n) is 5.34. The molecular weight excluding hydrogens is 521 g/mol. The molecule has 0 saturated carbocycles. The zero-order chi connectivity index (χ0) is 25.6. The van der Waals surface area contributed by atoms with Crippen LogP contribution in [0.15, 0.2) is 36.4 Å². The summed E-state index contributed by atoms with van der Waals surface area (Å²) < 4.78 is 26.1. The lowest BCUT2D eigenvalue weighted by molar-refractivity contribution is -0.140. The number of nitrogens with zero attached hydrogens (tertiary/aromatic N) is 2. The van der Waals surface area contributed by atoms with Gasteiger partial charge in [-0.15, -0.1) is 0 Å². The molecule has 11 heteroatoms. The van der Waals surface area contributed by atoms with Crippen LogP contribution in [0.3, 0.4) is 0 Å². The van der Waals surface area contributed by atoms with Crippen molar-refractivity contribution in [3.8, 4) is 0 Å². The molecule has 34 heavy (non-hydrogen) atoms. The second-order valence-corrected chi connectivity index (χ2v) is 11.1. The number of hydrogen-bond acceptors (Lipinski definition) is 4. The van der Waals surface area contributed by atoms with E-state index in [4.69, 9.17) is 34.8 Å². The first-order valence-corrected chi connectivity index (χ1v) is 13.5. The number of benzene rings is 2. The molecule has 7 nitrogen and oxygen atoms in total. The Bertz CT molecular complexity index is 1160. The van der Waals surface area contributed by atoms with Gasteiger partial charge in [-0.2, -0.15) is 0 Å². The van der Waals surface area contributed by atoms with Gasteiger partial charge in [-0.05, 0) is 55.7 Å². The van der Waals surface area contributed by atoms with Crippen LogP contribution in [0.5, 0.6) is 0 Å². The minimum absolute atomic E-state index is 0.0360. The number of nitrogens with one attached hydrogen (secondary N) is 1. The SMILES string of the molecule is CNC(=O)[C@H](C)N(Cc1ccc(Cl)c(Cl)c1)C(=O)CCCN(c1cc(Cl)ccc1C)S(C)(=O)=O. The highest BCUT2D eigenvalue weighted by Gasteiger charge is 2.26. The molecule has 0 aliphatic heterocycles. The van der Waals surface area contributed by atoms with E-state index in [-0.39, 0.29) is 37.7 Å². The fourth-order valence-corrected chi connectivity index (χ4v) is 4.96. The molecular formula is C23H28Cl3N3O4S. The van der Waals surface area contributed by atoms with E-state index < -0.39 is 16.1 Å². The third kappa shape index (κ3) is 7.50. The lowest BCUT2D eigenvalue weighted by Crippen LogP contribution is -2.46. The van der Waals surface area contributed by atoms with Gasteiger partial charge in [0.1, 0.15) is 6.04 Å². The van der Waals surface area contributed by atoms with Crippen LogP contribution < -0.4 is 9.62 Å². The van der Waals surface area contributed by atoms with Crippen LogP contribution in [0.25, 0.3) is 0 Å². The van der Waals surface area contributed by atoms with E-state index >= 15 is 0 Å². The maximum Gasteiger partial charge on any atom is 0.242 e. The number of carbonyl (C=O) groups is 2. The summed E-state index contributed by atoms with van der Waals surface area (Å²) >= 11 is 18.2. The molecule has 2 aromatic carbocycles. The maximum absolute atomic E-state index is 13.1. The number of rotatable bonds is 10. The molecule has 2 amide bonds. The fraction of sp³-hybridized carbons (Fsp3) is 0.391. The number of likely N-dealkylation sites (N-methyl/N-ethyl adjacent to an activating group) is 1. The van der Waals surface area contributed by atoms with Crippen LogP contribution in [0.1, 0.15) is 30.9 Å². The number of amides is 2. The van der Waals surface area contributed by atoms with Crippen molar-refractivity contribution >= 4 is 62.3 Å². The number of aryl methyl sites for hydroxylation is 1. The second kappa shape index (κ2) is 12.1. The maximum atomic E-state index is 13.1. The Balaban J connectivity index is 2.20. The summed E-state index contributed by atoms with van der Waals surface area (Å²) in [6.45, 7) is 3.65. The average Bonchev–Trinajstić information content (AvgIpc) is 2.77. The fourth-order valence-electron chi connectivity index (χ4n) is 3.46. The Morgan fingerprint density at radius 2 is 1.74 bits per heavy atom. The van der Waals surface area contributed by atoms with E-state index in [2.05, 4.69) is 5.32 Å². The molecule has 0 bridgehead atoms. The summed E-state index contributed by atoms with van der Waals surface area (Å²) in [5.41, 5.74) is 1.93. The van der Waals surface area contributed by atoms with Crippen LogP contribution in [0.4, 0.5) is 5.69 Å².